The molecule has 3 nitrogen and oxygen atoms in total. The number of carbonyl (C=O) groups is 1. The summed E-state index contributed by atoms with van der Waals surface area (Å²) >= 11 is 0. The summed E-state index contributed by atoms with van der Waals surface area (Å²) in [5, 5.41) is 0. The zero-order valence-electron chi connectivity index (χ0n) is 10.1. The van der Waals surface area contributed by atoms with Crippen LogP contribution in [0.15, 0.2) is 24.3 Å². The van der Waals surface area contributed by atoms with Gasteiger partial charge in [0.1, 0.15) is 5.75 Å². The molecule has 0 bridgehead atoms. The molecule has 0 saturated carbocycles. The molecule has 3 rings (SSSR count). The number of fused-ring (bicyclic) bond motifs is 3. The van der Waals surface area contributed by atoms with Crippen LogP contribution < -0.4 is 4.74 Å². The first-order valence-electron chi connectivity index (χ1n) is 5.86. The van der Waals surface area contributed by atoms with E-state index in [9.17, 15) is 4.79 Å². The third kappa shape index (κ3) is 1.46. The third-order valence-corrected chi connectivity index (χ3v) is 3.77. The summed E-state index contributed by atoms with van der Waals surface area (Å²) < 4.78 is 5.26. The maximum atomic E-state index is 11.7. The Morgan fingerprint density at radius 2 is 2.24 bits per heavy atom. The van der Waals surface area contributed by atoms with Crippen molar-refractivity contribution in [3.05, 3.63) is 35.4 Å². The van der Waals surface area contributed by atoms with Gasteiger partial charge in [0.15, 0.2) is 0 Å². The van der Waals surface area contributed by atoms with Gasteiger partial charge in [-0.1, -0.05) is 6.07 Å². The number of nitrogens with zero attached hydrogens (tertiary/aromatic N) is 1. The molecule has 2 aliphatic rings. The van der Waals surface area contributed by atoms with Gasteiger partial charge < -0.3 is 9.64 Å². The summed E-state index contributed by atoms with van der Waals surface area (Å²) in [4.78, 5) is 13.6. The van der Waals surface area contributed by atoms with E-state index in [0.717, 1.165) is 24.2 Å². The third-order valence-electron chi connectivity index (χ3n) is 3.77. The highest BCUT2D eigenvalue weighted by molar-refractivity contribution is 6.02. The number of ether oxygens (including phenoxy) is 1. The molecule has 1 aliphatic heterocycles. The van der Waals surface area contributed by atoms with E-state index >= 15 is 0 Å². The second-order valence-electron chi connectivity index (χ2n) is 4.63. The molecule has 1 aliphatic carbocycles. The first-order chi connectivity index (χ1) is 8.20. The Balaban J connectivity index is 2.12. The molecule has 0 saturated heterocycles. The van der Waals surface area contributed by atoms with E-state index in [1.54, 1.807) is 13.2 Å². The van der Waals surface area contributed by atoms with Gasteiger partial charge >= 0.3 is 0 Å². The van der Waals surface area contributed by atoms with E-state index < -0.39 is 0 Å². The van der Waals surface area contributed by atoms with Crippen molar-refractivity contribution in [3.63, 3.8) is 0 Å². The molecule has 1 aromatic carbocycles. The zero-order chi connectivity index (χ0) is 12.0. The average molecular weight is 229 g/mol. The summed E-state index contributed by atoms with van der Waals surface area (Å²) in [7, 11) is 3.55. The minimum atomic E-state index is 0.112. The molecule has 0 N–H and O–H groups in total. The van der Waals surface area contributed by atoms with Crippen LogP contribution in [0, 0.1) is 0 Å². The largest absolute Gasteiger partial charge is 0.497 e. The number of aryl methyl sites for hydroxylation is 1. The molecule has 88 valence electrons. The number of likely N-dealkylation sites (N-methyl/N-ethyl adjacent to an activating group) is 1. The van der Waals surface area contributed by atoms with Crippen LogP contribution in [0.4, 0.5) is 0 Å². The van der Waals surface area contributed by atoms with Crippen molar-refractivity contribution in [2.24, 2.45) is 0 Å². The van der Waals surface area contributed by atoms with E-state index in [0.29, 0.717) is 0 Å². The lowest BCUT2D eigenvalue weighted by atomic mass is 9.84. The normalized spacial score (nSPS) is 22.0. The standard InChI is InChI=1S/C14H15NO2/c1-15-13-6-4-9-3-5-10(17-2)7-11(9)12(13)8-14(15)16/h3,5,7-8,13H,4,6H2,1-2H3. The van der Waals surface area contributed by atoms with Crippen LogP contribution in [0.25, 0.3) is 5.57 Å². The van der Waals surface area contributed by atoms with Crippen LogP contribution >= 0.6 is 0 Å². The van der Waals surface area contributed by atoms with Crippen molar-refractivity contribution in [1.82, 2.24) is 4.90 Å². The predicted octanol–water partition coefficient (Wildman–Crippen LogP) is 1.87. The van der Waals surface area contributed by atoms with Crippen LogP contribution in [0.1, 0.15) is 17.5 Å². The monoisotopic (exact) mass is 229 g/mol. The van der Waals surface area contributed by atoms with Gasteiger partial charge in [0.05, 0.1) is 13.2 Å². The van der Waals surface area contributed by atoms with Crippen LogP contribution in [-0.2, 0) is 11.2 Å². The minimum Gasteiger partial charge on any atom is -0.497 e. The van der Waals surface area contributed by atoms with Crippen LogP contribution in [-0.4, -0.2) is 31.0 Å². The molecule has 1 amide bonds. The van der Waals surface area contributed by atoms with Crippen molar-refractivity contribution in [2.45, 2.75) is 18.9 Å². The Bertz CT molecular complexity index is 519. The van der Waals surface area contributed by atoms with Crippen molar-refractivity contribution >= 4 is 11.5 Å². The number of rotatable bonds is 1. The van der Waals surface area contributed by atoms with Gasteiger partial charge in [0.25, 0.3) is 0 Å². The summed E-state index contributed by atoms with van der Waals surface area (Å²) in [6.07, 6.45) is 3.81. The Morgan fingerprint density at radius 3 is 3.00 bits per heavy atom. The van der Waals surface area contributed by atoms with Crippen LogP contribution in [0.5, 0.6) is 5.75 Å². The molecule has 3 heteroatoms. The molecule has 1 unspecified atom stereocenters. The van der Waals surface area contributed by atoms with E-state index in [1.807, 2.05) is 24.1 Å². The van der Waals surface area contributed by atoms with Crippen molar-refractivity contribution in [3.8, 4) is 5.75 Å². The highest BCUT2D eigenvalue weighted by Gasteiger charge is 2.34. The molecule has 1 aromatic rings. The second kappa shape index (κ2) is 3.62. The highest BCUT2D eigenvalue weighted by Crippen LogP contribution is 2.38. The Labute approximate surface area is 101 Å². The van der Waals surface area contributed by atoms with Gasteiger partial charge in [-0.05, 0) is 41.7 Å². The molecule has 0 spiro atoms. The van der Waals surface area contributed by atoms with E-state index in [2.05, 4.69) is 6.07 Å². The lowest BCUT2D eigenvalue weighted by Crippen LogP contribution is -2.33. The minimum absolute atomic E-state index is 0.112. The Hall–Kier alpha value is -1.77. The van der Waals surface area contributed by atoms with Crippen molar-refractivity contribution in [2.75, 3.05) is 14.2 Å². The fourth-order valence-corrected chi connectivity index (χ4v) is 2.76. The van der Waals surface area contributed by atoms with Crippen LogP contribution in [0.2, 0.25) is 0 Å². The molecule has 0 fully saturated rings. The Morgan fingerprint density at radius 1 is 1.41 bits per heavy atom. The first-order valence-corrected chi connectivity index (χ1v) is 5.86. The molecule has 1 heterocycles. The number of benzene rings is 1. The maximum Gasteiger partial charge on any atom is 0.247 e. The molecular formula is C14H15NO2. The fourth-order valence-electron chi connectivity index (χ4n) is 2.76. The highest BCUT2D eigenvalue weighted by atomic mass is 16.5. The zero-order valence-corrected chi connectivity index (χ0v) is 10.1. The summed E-state index contributed by atoms with van der Waals surface area (Å²) in [6, 6.07) is 6.38. The Kier molecular flexibility index (Phi) is 2.21. The van der Waals surface area contributed by atoms with E-state index in [1.165, 1.54) is 11.1 Å². The number of methoxy groups -OCH3 is 1. The van der Waals surface area contributed by atoms with Gasteiger partial charge in [-0.15, -0.1) is 0 Å². The van der Waals surface area contributed by atoms with E-state index in [-0.39, 0.29) is 11.9 Å². The van der Waals surface area contributed by atoms with Gasteiger partial charge in [0.2, 0.25) is 5.91 Å². The second-order valence-corrected chi connectivity index (χ2v) is 4.63. The molecule has 0 aromatic heterocycles. The summed E-state index contributed by atoms with van der Waals surface area (Å²) in [5.41, 5.74) is 3.65. The van der Waals surface area contributed by atoms with Crippen LogP contribution in [0.3, 0.4) is 0 Å². The fraction of sp³-hybridized carbons (Fsp3) is 0.357. The summed E-state index contributed by atoms with van der Waals surface area (Å²) in [6.45, 7) is 0. The lowest BCUT2D eigenvalue weighted by Gasteiger charge is -2.29. The number of hydrogen-bond donors (Lipinski definition) is 0. The SMILES string of the molecule is COc1ccc2c(c1)C1=CC(=O)N(C)C1CC2. The number of carbonyl (C=O) groups excluding carboxylic acids is 1. The van der Waals surface area contributed by atoms with E-state index in [4.69, 9.17) is 4.74 Å². The smallest absolute Gasteiger partial charge is 0.247 e. The van der Waals surface area contributed by atoms with Gasteiger partial charge in [-0.25, -0.2) is 0 Å². The topological polar surface area (TPSA) is 29.5 Å². The van der Waals surface area contributed by atoms with Crippen molar-refractivity contribution in [1.29, 1.82) is 0 Å². The molecule has 1 atom stereocenters. The van der Waals surface area contributed by atoms with Crippen molar-refractivity contribution < 1.29 is 9.53 Å². The van der Waals surface area contributed by atoms with Gasteiger partial charge in [-0.2, -0.15) is 0 Å². The van der Waals surface area contributed by atoms with Gasteiger partial charge in [-0.3, -0.25) is 4.79 Å². The number of amides is 1. The predicted molar refractivity (Wildman–Crippen MR) is 65.9 cm³/mol. The van der Waals surface area contributed by atoms with Gasteiger partial charge in [0, 0.05) is 13.1 Å². The first kappa shape index (κ1) is 10.4. The number of hydrogen-bond acceptors (Lipinski definition) is 2. The quantitative estimate of drug-likeness (QED) is 0.735. The summed E-state index contributed by atoms with van der Waals surface area (Å²) in [5.74, 6) is 0.966. The maximum absolute atomic E-state index is 11.7. The lowest BCUT2D eigenvalue weighted by molar-refractivity contribution is -0.124. The molecular weight excluding hydrogens is 214 g/mol. The average Bonchev–Trinajstić information content (AvgIpc) is 2.65. The molecule has 17 heavy (non-hydrogen) atoms. The molecule has 0 radical (unpaired) electrons.